The fourth-order valence-electron chi connectivity index (χ4n) is 2.25. The van der Waals surface area contributed by atoms with Crippen LogP contribution in [-0.2, 0) is 0 Å². The molecule has 0 bridgehead atoms. The zero-order chi connectivity index (χ0) is 10.6. The Kier molecular flexibility index (Phi) is 5.14. The average molecular weight is 310 g/mol. The fraction of sp³-hybridized carbons (Fsp3) is 1.00. The molecule has 1 aliphatic heterocycles. The van der Waals surface area contributed by atoms with Gasteiger partial charge >= 0.3 is 0 Å². The lowest BCUT2D eigenvalue weighted by Gasteiger charge is -2.35. The van der Waals surface area contributed by atoms with Gasteiger partial charge in [-0.25, -0.2) is 0 Å². The van der Waals surface area contributed by atoms with E-state index in [2.05, 4.69) is 47.1 Å². The smallest absolute Gasteiger partial charge is 0.0304 e. The van der Waals surface area contributed by atoms with Crippen LogP contribution in [0.3, 0.4) is 0 Å². The molecule has 0 aromatic carbocycles. The Hall–Kier alpha value is 0.650. The van der Waals surface area contributed by atoms with Gasteiger partial charge in [-0.15, -0.1) is 0 Å². The third kappa shape index (κ3) is 2.83. The summed E-state index contributed by atoms with van der Waals surface area (Å²) < 4.78 is 0.796. The second kappa shape index (κ2) is 5.66. The van der Waals surface area contributed by atoms with Crippen LogP contribution in [0.25, 0.3) is 0 Å². The van der Waals surface area contributed by atoms with Crippen molar-refractivity contribution in [3.8, 4) is 0 Å². The first-order valence-electron chi connectivity index (χ1n) is 5.65. The molecule has 1 heterocycles. The number of nitrogens with one attached hydrogen (secondary N) is 2. The number of rotatable bonds is 5. The molecule has 3 atom stereocenters. The lowest BCUT2D eigenvalue weighted by atomic mass is 9.83. The van der Waals surface area contributed by atoms with Crippen LogP contribution in [-0.4, -0.2) is 29.6 Å². The number of halogens is 1. The Morgan fingerprint density at radius 2 is 2.36 bits per heavy atom. The van der Waals surface area contributed by atoms with E-state index in [9.17, 15) is 0 Å². The van der Waals surface area contributed by atoms with Crippen LogP contribution < -0.4 is 10.6 Å². The van der Waals surface area contributed by atoms with E-state index in [4.69, 9.17) is 0 Å². The highest BCUT2D eigenvalue weighted by Gasteiger charge is 2.40. The van der Waals surface area contributed by atoms with Gasteiger partial charge in [0, 0.05) is 9.46 Å². The second-order valence-corrected chi connectivity index (χ2v) is 6.12. The fourth-order valence-corrected chi connectivity index (χ4v) is 3.39. The van der Waals surface area contributed by atoms with Gasteiger partial charge in [-0.3, -0.25) is 0 Å². The van der Waals surface area contributed by atoms with Crippen molar-refractivity contribution in [1.82, 2.24) is 10.6 Å². The molecule has 0 aromatic heterocycles. The molecule has 2 N–H and O–H groups in total. The van der Waals surface area contributed by atoms with Crippen LogP contribution >= 0.6 is 22.6 Å². The Labute approximate surface area is 102 Å². The number of hydrogen-bond acceptors (Lipinski definition) is 2. The van der Waals surface area contributed by atoms with Crippen LogP contribution in [0.4, 0.5) is 0 Å². The largest absolute Gasteiger partial charge is 0.320 e. The van der Waals surface area contributed by atoms with Crippen molar-refractivity contribution in [2.45, 2.75) is 42.6 Å². The molecule has 14 heavy (non-hydrogen) atoms. The molecule has 2 unspecified atom stereocenters. The molecule has 3 heteroatoms. The second-order valence-electron chi connectivity index (χ2n) is 4.61. The third-order valence-corrected chi connectivity index (χ3v) is 5.56. The van der Waals surface area contributed by atoms with Crippen molar-refractivity contribution in [3.05, 3.63) is 0 Å². The SMILES string of the molecule is CNCCCC(C)[C@@]1(C)NCCC1I. The van der Waals surface area contributed by atoms with Crippen molar-refractivity contribution in [2.24, 2.45) is 5.92 Å². The van der Waals surface area contributed by atoms with E-state index in [-0.39, 0.29) is 0 Å². The third-order valence-electron chi connectivity index (χ3n) is 3.64. The van der Waals surface area contributed by atoms with Crippen molar-refractivity contribution >= 4 is 22.6 Å². The van der Waals surface area contributed by atoms with Crippen LogP contribution in [0.15, 0.2) is 0 Å². The Bertz CT molecular complexity index is 175. The molecule has 0 amide bonds. The first-order valence-corrected chi connectivity index (χ1v) is 6.89. The van der Waals surface area contributed by atoms with Gasteiger partial charge in [-0.2, -0.15) is 0 Å². The normalized spacial score (nSPS) is 34.7. The maximum atomic E-state index is 3.68. The van der Waals surface area contributed by atoms with Crippen LogP contribution in [0, 0.1) is 5.92 Å². The Balaban J connectivity index is 2.38. The van der Waals surface area contributed by atoms with Gasteiger partial charge in [0.2, 0.25) is 0 Å². The topological polar surface area (TPSA) is 24.1 Å². The van der Waals surface area contributed by atoms with Crippen molar-refractivity contribution in [2.75, 3.05) is 20.1 Å². The summed E-state index contributed by atoms with van der Waals surface area (Å²) in [5, 5.41) is 6.90. The zero-order valence-electron chi connectivity index (χ0n) is 9.57. The first kappa shape index (κ1) is 12.7. The van der Waals surface area contributed by atoms with E-state index in [0.717, 1.165) is 16.4 Å². The van der Waals surface area contributed by atoms with E-state index in [1.54, 1.807) is 0 Å². The highest BCUT2D eigenvalue weighted by molar-refractivity contribution is 14.1. The minimum absolute atomic E-state index is 0.369. The van der Waals surface area contributed by atoms with Gasteiger partial charge in [0.25, 0.3) is 0 Å². The van der Waals surface area contributed by atoms with Crippen LogP contribution in [0.2, 0.25) is 0 Å². The predicted molar refractivity (Wildman–Crippen MR) is 71.2 cm³/mol. The molecule has 1 saturated heterocycles. The van der Waals surface area contributed by atoms with Gasteiger partial charge in [0.15, 0.2) is 0 Å². The predicted octanol–water partition coefficient (Wildman–Crippen LogP) is 2.18. The molecular formula is C11H23IN2. The van der Waals surface area contributed by atoms with Crippen molar-refractivity contribution < 1.29 is 0 Å². The summed E-state index contributed by atoms with van der Waals surface area (Å²) in [7, 11) is 2.03. The maximum absolute atomic E-state index is 3.68. The van der Waals surface area contributed by atoms with E-state index >= 15 is 0 Å². The van der Waals surface area contributed by atoms with E-state index < -0.39 is 0 Å². The average Bonchev–Trinajstić information content (AvgIpc) is 2.49. The molecule has 1 fully saturated rings. The highest BCUT2D eigenvalue weighted by atomic mass is 127. The summed E-state index contributed by atoms with van der Waals surface area (Å²) in [6.07, 6.45) is 3.94. The van der Waals surface area contributed by atoms with E-state index in [1.807, 2.05) is 7.05 Å². The van der Waals surface area contributed by atoms with Gasteiger partial charge in [0.1, 0.15) is 0 Å². The first-order chi connectivity index (χ1) is 6.61. The van der Waals surface area contributed by atoms with Gasteiger partial charge < -0.3 is 10.6 Å². The summed E-state index contributed by atoms with van der Waals surface area (Å²) in [4.78, 5) is 0. The maximum Gasteiger partial charge on any atom is 0.0304 e. The van der Waals surface area contributed by atoms with Gasteiger partial charge in [-0.1, -0.05) is 29.5 Å². The quantitative estimate of drug-likeness (QED) is 0.462. The van der Waals surface area contributed by atoms with E-state index in [0.29, 0.717) is 5.54 Å². The van der Waals surface area contributed by atoms with Crippen molar-refractivity contribution in [1.29, 1.82) is 0 Å². The Morgan fingerprint density at radius 3 is 2.86 bits per heavy atom. The summed E-state index contributed by atoms with van der Waals surface area (Å²) in [6.45, 7) is 7.12. The van der Waals surface area contributed by atoms with Crippen LogP contribution in [0.1, 0.15) is 33.1 Å². The zero-order valence-corrected chi connectivity index (χ0v) is 11.7. The molecule has 0 aliphatic carbocycles. The summed E-state index contributed by atoms with van der Waals surface area (Å²) in [6, 6.07) is 0. The monoisotopic (exact) mass is 310 g/mol. The molecule has 2 nitrogen and oxygen atoms in total. The summed E-state index contributed by atoms with van der Waals surface area (Å²) in [5.74, 6) is 0.778. The number of alkyl halides is 1. The highest BCUT2D eigenvalue weighted by Crippen LogP contribution is 2.35. The van der Waals surface area contributed by atoms with Gasteiger partial charge in [-0.05, 0) is 52.2 Å². The van der Waals surface area contributed by atoms with Gasteiger partial charge in [0.05, 0.1) is 0 Å². The standard InChI is InChI=1S/C11H23IN2/c1-9(5-4-7-13-3)11(2)10(12)6-8-14-11/h9-10,13-14H,4-8H2,1-3H3/t9?,10?,11-/m1/s1. The lowest BCUT2D eigenvalue weighted by Crippen LogP contribution is -2.48. The molecule has 0 spiro atoms. The molecule has 1 aliphatic rings. The lowest BCUT2D eigenvalue weighted by molar-refractivity contribution is 0.273. The minimum atomic E-state index is 0.369. The molecule has 84 valence electrons. The van der Waals surface area contributed by atoms with Crippen molar-refractivity contribution in [3.63, 3.8) is 0 Å². The Morgan fingerprint density at radius 1 is 1.64 bits per heavy atom. The summed E-state index contributed by atoms with van der Waals surface area (Å²) >= 11 is 2.61. The molecule has 0 aromatic rings. The summed E-state index contributed by atoms with van der Waals surface area (Å²) in [5.41, 5.74) is 0.369. The molecule has 1 rings (SSSR count). The molecular weight excluding hydrogens is 287 g/mol. The molecule has 0 saturated carbocycles. The van der Waals surface area contributed by atoms with Crippen LogP contribution in [0.5, 0.6) is 0 Å². The van der Waals surface area contributed by atoms with E-state index in [1.165, 1.54) is 25.8 Å². The minimum Gasteiger partial charge on any atom is -0.320 e. The molecule has 0 radical (unpaired) electrons. The number of hydrogen-bond donors (Lipinski definition) is 2.